The van der Waals surface area contributed by atoms with Crippen LogP contribution in [0.3, 0.4) is 0 Å². The fourth-order valence-electron chi connectivity index (χ4n) is 1.91. The molecule has 5 N–H and O–H groups in total. The third-order valence-corrected chi connectivity index (χ3v) is 3.21. The van der Waals surface area contributed by atoms with Crippen LogP contribution in [0.15, 0.2) is 24.5 Å². The molecule has 2 aromatic heterocycles. The van der Waals surface area contributed by atoms with Crippen molar-refractivity contribution >= 4 is 11.7 Å². The molecule has 2 heterocycles. The van der Waals surface area contributed by atoms with Crippen molar-refractivity contribution in [3.05, 3.63) is 41.3 Å². The summed E-state index contributed by atoms with van der Waals surface area (Å²) in [7, 11) is 0. The molecule has 1 unspecified atom stereocenters. The molecule has 0 fully saturated rings. The van der Waals surface area contributed by atoms with Gasteiger partial charge in [0.25, 0.3) is 5.91 Å². The number of rotatable bonds is 5. The lowest BCUT2D eigenvalue weighted by Gasteiger charge is -2.14. The molecule has 21 heavy (non-hydrogen) atoms. The summed E-state index contributed by atoms with van der Waals surface area (Å²) in [5.74, 6) is 5.91. The second-order valence-corrected chi connectivity index (χ2v) is 5.19. The lowest BCUT2D eigenvalue weighted by Crippen LogP contribution is -2.27. The van der Waals surface area contributed by atoms with Crippen LogP contribution in [-0.2, 0) is 0 Å². The van der Waals surface area contributed by atoms with Crippen molar-refractivity contribution in [1.29, 1.82) is 0 Å². The van der Waals surface area contributed by atoms with Gasteiger partial charge in [-0.1, -0.05) is 13.8 Å². The highest BCUT2D eigenvalue weighted by Gasteiger charge is 2.15. The van der Waals surface area contributed by atoms with Crippen LogP contribution in [-0.4, -0.2) is 21.1 Å². The molecule has 1 amide bonds. The van der Waals surface area contributed by atoms with E-state index in [4.69, 9.17) is 5.84 Å². The normalized spacial score (nSPS) is 12.2. The van der Waals surface area contributed by atoms with Crippen LogP contribution in [0, 0.1) is 0 Å². The van der Waals surface area contributed by atoms with Gasteiger partial charge in [-0.15, -0.1) is 0 Å². The standard InChI is InChI=1S/C14H20N6O/c1-8(2)12-4-10(5-13(19-12)20-15)14(21)18-9(3)11-6-16-17-7-11/h4-9H,15H2,1-3H3,(H,16,17)(H,18,21)(H,19,20). The largest absolute Gasteiger partial charge is 0.345 e. The first-order valence-corrected chi connectivity index (χ1v) is 6.79. The van der Waals surface area contributed by atoms with Gasteiger partial charge in [-0.05, 0) is 25.0 Å². The molecule has 0 saturated heterocycles. The third kappa shape index (κ3) is 3.57. The number of hydrazine groups is 1. The molecule has 0 aromatic carbocycles. The maximum Gasteiger partial charge on any atom is 0.251 e. The first-order valence-electron chi connectivity index (χ1n) is 6.79. The number of nitrogen functional groups attached to an aromatic ring is 1. The summed E-state index contributed by atoms with van der Waals surface area (Å²) in [6.45, 7) is 5.92. The van der Waals surface area contributed by atoms with Gasteiger partial charge in [-0.3, -0.25) is 9.89 Å². The van der Waals surface area contributed by atoms with Crippen molar-refractivity contribution in [3.8, 4) is 0 Å². The Labute approximate surface area is 123 Å². The molecular weight excluding hydrogens is 268 g/mol. The van der Waals surface area contributed by atoms with E-state index in [2.05, 4.69) is 25.9 Å². The SMILES string of the molecule is CC(C)c1cc(C(=O)NC(C)c2cn[nH]c2)cc(NN)n1. The molecule has 0 saturated carbocycles. The Morgan fingerprint density at radius 1 is 1.33 bits per heavy atom. The van der Waals surface area contributed by atoms with E-state index in [1.807, 2.05) is 20.8 Å². The van der Waals surface area contributed by atoms with Crippen LogP contribution in [0.5, 0.6) is 0 Å². The van der Waals surface area contributed by atoms with Gasteiger partial charge in [0, 0.05) is 23.0 Å². The zero-order valence-corrected chi connectivity index (χ0v) is 12.3. The minimum absolute atomic E-state index is 0.138. The molecule has 0 aliphatic carbocycles. The van der Waals surface area contributed by atoms with E-state index in [1.54, 1.807) is 24.5 Å². The average Bonchev–Trinajstić information content (AvgIpc) is 3.00. The summed E-state index contributed by atoms with van der Waals surface area (Å²) >= 11 is 0. The summed E-state index contributed by atoms with van der Waals surface area (Å²) in [5, 5.41) is 9.52. The highest BCUT2D eigenvalue weighted by Crippen LogP contribution is 2.18. The number of carbonyl (C=O) groups is 1. The van der Waals surface area contributed by atoms with E-state index in [0.29, 0.717) is 11.4 Å². The summed E-state index contributed by atoms with van der Waals surface area (Å²) < 4.78 is 0. The molecule has 1 atom stereocenters. The summed E-state index contributed by atoms with van der Waals surface area (Å²) in [6.07, 6.45) is 3.44. The Morgan fingerprint density at radius 3 is 2.67 bits per heavy atom. The monoisotopic (exact) mass is 288 g/mol. The molecule has 0 radical (unpaired) electrons. The molecule has 0 aliphatic rings. The van der Waals surface area contributed by atoms with Gasteiger partial charge in [0.05, 0.1) is 12.2 Å². The van der Waals surface area contributed by atoms with Crippen LogP contribution < -0.4 is 16.6 Å². The van der Waals surface area contributed by atoms with Gasteiger partial charge in [-0.25, -0.2) is 10.8 Å². The predicted octanol–water partition coefficient (Wildman–Crippen LogP) is 1.70. The fourth-order valence-corrected chi connectivity index (χ4v) is 1.91. The van der Waals surface area contributed by atoms with E-state index in [9.17, 15) is 4.79 Å². The first kappa shape index (κ1) is 15.0. The Kier molecular flexibility index (Phi) is 4.54. The Morgan fingerprint density at radius 2 is 2.10 bits per heavy atom. The molecule has 0 aliphatic heterocycles. The molecule has 7 nitrogen and oxygen atoms in total. The van der Waals surface area contributed by atoms with Gasteiger partial charge < -0.3 is 10.7 Å². The summed E-state index contributed by atoms with van der Waals surface area (Å²) in [6, 6.07) is 3.27. The number of nitrogens with two attached hydrogens (primary N) is 1. The van der Waals surface area contributed by atoms with Gasteiger partial charge in [-0.2, -0.15) is 5.10 Å². The number of aromatic amines is 1. The van der Waals surface area contributed by atoms with Crippen molar-refractivity contribution in [3.63, 3.8) is 0 Å². The maximum atomic E-state index is 12.4. The van der Waals surface area contributed by atoms with Crippen LogP contribution >= 0.6 is 0 Å². The topological polar surface area (TPSA) is 109 Å². The van der Waals surface area contributed by atoms with Gasteiger partial charge in [0.2, 0.25) is 0 Å². The average molecular weight is 288 g/mol. The molecule has 0 bridgehead atoms. The Bertz CT molecular complexity index is 608. The zero-order valence-electron chi connectivity index (χ0n) is 12.3. The van der Waals surface area contributed by atoms with E-state index in [-0.39, 0.29) is 17.9 Å². The Hall–Kier alpha value is -2.41. The summed E-state index contributed by atoms with van der Waals surface area (Å²) in [5.41, 5.74) is 4.74. The number of pyridine rings is 1. The van der Waals surface area contributed by atoms with Crippen molar-refractivity contribution in [2.24, 2.45) is 5.84 Å². The minimum Gasteiger partial charge on any atom is -0.345 e. The highest BCUT2D eigenvalue weighted by atomic mass is 16.1. The number of aromatic nitrogens is 3. The number of hydrogen-bond acceptors (Lipinski definition) is 5. The fraction of sp³-hybridized carbons (Fsp3) is 0.357. The molecule has 7 heteroatoms. The number of hydrogen-bond donors (Lipinski definition) is 4. The van der Waals surface area contributed by atoms with Gasteiger partial charge in [0.1, 0.15) is 5.82 Å². The van der Waals surface area contributed by atoms with Crippen LogP contribution in [0.2, 0.25) is 0 Å². The summed E-state index contributed by atoms with van der Waals surface area (Å²) in [4.78, 5) is 16.7. The molecule has 0 spiro atoms. The van der Waals surface area contributed by atoms with E-state index >= 15 is 0 Å². The number of nitrogens with one attached hydrogen (secondary N) is 3. The number of amides is 1. The van der Waals surface area contributed by atoms with Crippen molar-refractivity contribution in [2.45, 2.75) is 32.7 Å². The molecular formula is C14H20N6O. The predicted molar refractivity (Wildman–Crippen MR) is 80.6 cm³/mol. The zero-order chi connectivity index (χ0) is 15.4. The third-order valence-electron chi connectivity index (χ3n) is 3.21. The van der Waals surface area contributed by atoms with Crippen LogP contribution in [0.1, 0.15) is 54.3 Å². The molecule has 2 rings (SSSR count). The van der Waals surface area contributed by atoms with Gasteiger partial charge >= 0.3 is 0 Å². The van der Waals surface area contributed by atoms with Crippen LogP contribution in [0.4, 0.5) is 5.82 Å². The number of carbonyl (C=O) groups excluding carboxylic acids is 1. The van der Waals surface area contributed by atoms with Gasteiger partial charge in [0.15, 0.2) is 0 Å². The second-order valence-electron chi connectivity index (χ2n) is 5.19. The first-order chi connectivity index (χ1) is 10.0. The quantitative estimate of drug-likeness (QED) is 0.494. The number of nitrogens with zero attached hydrogens (tertiary/aromatic N) is 2. The van der Waals surface area contributed by atoms with E-state index in [1.165, 1.54) is 0 Å². The number of anilines is 1. The maximum absolute atomic E-state index is 12.4. The highest BCUT2D eigenvalue weighted by molar-refractivity contribution is 5.95. The lowest BCUT2D eigenvalue weighted by molar-refractivity contribution is 0.0939. The van der Waals surface area contributed by atoms with Crippen molar-refractivity contribution in [2.75, 3.05) is 5.43 Å². The van der Waals surface area contributed by atoms with Crippen molar-refractivity contribution in [1.82, 2.24) is 20.5 Å². The number of H-pyrrole nitrogens is 1. The molecule has 112 valence electrons. The Balaban J connectivity index is 2.20. The molecule has 2 aromatic rings. The minimum atomic E-state index is -0.176. The van der Waals surface area contributed by atoms with E-state index in [0.717, 1.165) is 11.3 Å². The smallest absolute Gasteiger partial charge is 0.251 e. The van der Waals surface area contributed by atoms with Crippen molar-refractivity contribution < 1.29 is 4.79 Å². The van der Waals surface area contributed by atoms with E-state index < -0.39 is 0 Å². The van der Waals surface area contributed by atoms with Crippen LogP contribution in [0.25, 0.3) is 0 Å². The second kappa shape index (κ2) is 6.36. The lowest BCUT2D eigenvalue weighted by atomic mass is 10.1.